The van der Waals surface area contributed by atoms with E-state index in [4.69, 9.17) is 4.74 Å². The van der Waals surface area contributed by atoms with Crippen LogP contribution in [0.2, 0.25) is 0 Å². The topological polar surface area (TPSA) is 84.1 Å². The fourth-order valence-electron chi connectivity index (χ4n) is 2.36. The van der Waals surface area contributed by atoms with Crippen LogP contribution >= 0.6 is 0 Å². The molecule has 0 fully saturated rings. The minimum absolute atomic E-state index is 0.304. The number of aromatic amines is 1. The van der Waals surface area contributed by atoms with E-state index < -0.39 is 12.0 Å². The van der Waals surface area contributed by atoms with Crippen molar-refractivity contribution in [3.8, 4) is 0 Å². The minimum atomic E-state index is -0.514. The fourth-order valence-corrected chi connectivity index (χ4v) is 2.36. The highest BCUT2D eigenvalue weighted by atomic mass is 16.5. The number of ether oxygens (including phenoxy) is 1. The van der Waals surface area contributed by atoms with Gasteiger partial charge in [0, 0.05) is 6.42 Å². The monoisotopic (exact) mass is 315 g/mol. The Labute approximate surface area is 135 Å². The summed E-state index contributed by atoms with van der Waals surface area (Å²) in [5.41, 5.74) is 1.22. The molecular weight excluding hydrogens is 294 g/mol. The Balaban J connectivity index is 2.23. The maximum Gasteiger partial charge on any atom is 0.310 e. The number of carbonyl (C=O) groups is 2. The minimum Gasteiger partial charge on any atom is -0.469 e. The van der Waals surface area contributed by atoms with Crippen molar-refractivity contribution in [2.24, 2.45) is 5.92 Å². The number of esters is 1. The molecule has 0 saturated heterocycles. The number of nitrogens with zero attached hydrogens (tertiary/aromatic N) is 1. The molecule has 0 saturated carbocycles. The molecule has 2 rings (SSSR count). The van der Waals surface area contributed by atoms with Crippen LogP contribution in [-0.2, 0) is 16.0 Å². The van der Waals surface area contributed by atoms with Crippen LogP contribution in [0.3, 0.4) is 0 Å². The van der Waals surface area contributed by atoms with E-state index in [1.165, 1.54) is 13.3 Å². The van der Waals surface area contributed by atoms with Crippen LogP contribution in [0.1, 0.15) is 41.8 Å². The summed E-state index contributed by atoms with van der Waals surface area (Å²) in [6.45, 7) is 3.68. The number of benzene rings is 1. The van der Waals surface area contributed by atoms with Crippen LogP contribution in [-0.4, -0.2) is 29.0 Å². The standard InChI is InChI=1S/C17H21N3O3/c1-4-14-18-10-13(19-14)16(21)20-15(11(2)17(22)23-3)12-8-6-5-7-9-12/h5-11,15H,4H2,1-3H3,(H,18,19)(H,20,21)/t11-,15+/m0/s1. The van der Waals surface area contributed by atoms with Gasteiger partial charge < -0.3 is 15.0 Å². The number of methoxy groups -OCH3 is 1. The maximum absolute atomic E-state index is 12.4. The van der Waals surface area contributed by atoms with Gasteiger partial charge in [0.05, 0.1) is 25.3 Å². The lowest BCUT2D eigenvalue weighted by Gasteiger charge is -2.23. The lowest BCUT2D eigenvalue weighted by Crippen LogP contribution is -2.36. The Kier molecular flexibility index (Phi) is 5.51. The highest BCUT2D eigenvalue weighted by Crippen LogP contribution is 2.23. The van der Waals surface area contributed by atoms with Gasteiger partial charge in [-0.25, -0.2) is 4.98 Å². The molecule has 0 aliphatic carbocycles. The van der Waals surface area contributed by atoms with Gasteiger partial charge in [-0.15, -0.1) is 0 Å². The smallest absolute Gasteiger partial charge is 0.310 e. The first-order valence-corrected chi connectivity index (χ1v) is 7.54. The van der Waals surface area contributed by atoms with Crippen molar-refractivity contribution < 1.29 is 14.3 Å². The van der Waals surface area contributed by atoms with E-state index in [9.17, 15) is 9.59 Å². The third kappa shape index (κ3) is 3.97. The normalized spacial score (nSPS) is 13.2. The van der Waals surface area contributed by atoms with Crippen molar-refractivity contribution in [1.29, 1.82) is 0 Å². The zero-order chi connectivity index (χ0) is 16.8. The lowest BCUT2D eigenvalue weighted by molar-refractivity contribution is -0.145. The summed E-state index contributed by atoms with van der Waals surface area (Å²) >= 11 is 0. The summed E-state index contributed by atoms with van der Waals surface area (Å²) in [4.78, 5) is 31.4. The molecule has 0 unspecified atom stereocenters. The number of aromatic nitrogens is 2. The number of carbonyl (C=O) groups excluding carboxylic acids is 2. The number of rotatable bonds is 6. The molecule has 0 aliphatic heterocycles. The van der Waals surface area contributed by atoms with E-state index in [0.717, 1.165) is 11.4 Å². The van der Waals surface area contributed by atoms with Crippen molar-refractivity contribution in [3.63, 3.8) is 0 Å². The highest BCUT2D eigenvalue weighted by Gasteiger charge is 2.28. The van der Waals surface area contributed by atoms with E-state index in [1.807, 2.05) is 37.3 Å². The number of imidazole rings is 1. The number of amides is 1. The molecule has 0 radical (unpaired) electrons. The van der Waals surface area contributed by atoms with Gasteiger partial charge in [-0.1, -0.05) is 37.3 Å². The summed E-state index contributed by atoms with van der Waals surface area (Å²) in [6, 6.07) is 8.87. The average molecular weight is 315 g/mol. The molecule has 122 valence electrons. The fraction of sp³-hybridized carbons (Fsp3) is 0.353. The average Bonchev–Trinajstić information content (AvgIpc) is 3.08. The molecule has 2 aromatic rings. The predicted molar refractivity (Wildman–Crippen MR) is 85.8 cm³/mol. The molecule has 6 heteroatoms. The number of aryl methyl sites for hydroxylation is 1. The van der Waals surface area contributed by atoms with Gasteiger partial charge in [0.25, 0.3) is 5.91 Å². The van der Waals surface area contributed by atoms with Crippen molar-refractivity contribution in [2.45, 2.75) is 26.3 Å². The van der Waals surface area contributed by atoms with Crippen LogP contribution < -0.4 is 5.32 Å². The molecular formula is C17H21N3O3. The third-order valence-corrected chi connectivity index (χ3v) is 3.73. The molecule has 0 spiro atoms. The second-order valence-corrected chi connectivity index (χ2v) is 5.27. The van der Waals surface area contributed by atoms with Gasteiger partial charge in [0.2, 0.25) is 0 Å². The van der Waals surface area contributed by atoms with E-state index in [1.54, 1.807) is 6.92 Å². The second-order valence-electron chi connectivity index (χ2n) is 5.27. The summed E-state index contributed by atoms with van der Waals surface area (Å²) in [7, 11) is 1.34. The van der Waals surface area contributed by atoms with Crippen molar-refractivity contribution in [1.82, 2.24) is 15.3 Å². The van der Waals surface area contributed by atoms with Gasteiger partial charge in [0.15, 0.2) is 0 Å². The summed E-state index contributed by atoms with van der Waals surface area (Å²) in [6.07, 6.45) is 2.22. The Hall–Kier alpha value is -2.63. The number of hydrogen-bond acceptors (Lipinski definition) is 4. The first kappa shape index (κ1) is 16.7. The first-order valence-electron chi connectivity index (χ1n) is 7.54. The van der Waals surface area contributed by atoms with Gasteiger partial charge >= 0.3 is 5.97 Å². The third-order valence-electron chi connectivity index (χ3n) is 3.73. The predicted octanol–water partition coefficient (Wildman–Crippen LogP) is 2.25. The largest absolute Gasteiger partial charge is 0.469 e. The molecule has 1 aromatic carbocycles. The van der Waals surface area contributed by atoms with Gasteiger partial charge in [-0.2, -0.15) is 0 Å². The molecule has 0 bridgehead atoms. The van der Waals surface area contributed by atoms with Crippen LogP contribution in [0.4, 0.5) is 0 Å². The van der Waals surface area contributed by atoms with Crippen LogP contribution in [0.15, 0.2) is 36.5 Å². The summed E-state index contributed by atoms with van der Waals surface area (Å²) in [5.74, 6) is -0.452. The van der Waals surface area contributed by atoms with Crippen LogP contribution in [0.5, 0.6) is 0 Å². The Morgan fingerprint density at radius 1 is 1.30 bits per heavy atom. The van der Waals surface area contributed by atoms with Crippen LogP contribution in [0.25, 0.3) is 0 Å². The summed E-state index contributed by atoms with van der Waals surface area (Å²) < 4.78 is 4.81. The maximum atomic E-state index is 12.4. The van der Waals surface area contributed by atoms with Crippen molar-refractivity contribution >= 4 is 11.9 Å². The molecule has 2 atom stereocenters. The second kappa shape index (κ2) is 7.58. The van der Waals surface area contributed by atoms with Crippen LogP contribution in [0, 0.1) is 5.92 Å². The quantitative estimate of drug-likeness (QED) is 0.801. The van der Waals surface area contributed by atoms with E-state index in [0.29, 0.717) is 12.1 Å². The van der Waals surface area contributed by atoms with E-state index in [-0.39, 0.29) is 11.9 Å². The molecule has 6 nitrogen and oxygen atoms in total. The van der Waals surface area contributed by atoms with E-state index >= 15 is 0 Å². The zero-order valence-electron chi connectivity index (χ0n) is 13.5. The van der Waals surface area contributed by atoms with Gasteiger partial charge in [0.1, 0.15) is 11.5 Å². The van der Waals surface area contributed by atoms with Crippen molar-refractivity contribution in [2.75, 3.05) is 7.11 Å². The molecule has 2 N–H and O–H groups in total. The molecule has 1 amide bonds. The highest BCUT2D eigenvalue weighted by molar-refractivity contribution is 5.92. The SMILES string of the molecule is CCc1ncc(C(=O)N[C@@H](c2ccccc2)[C@H](C)C(=O)OC)[nH]1. The molecule has 1 heterocycles. The number of H-pyrrole nitrogens is 1. The first-order chi connectivity index (χ1) is 11.1. The van der Waals surface area contributed by atoms with Gasteiger partial charge in [-0.05, 0) is 12.5 Å². The number of nitrogens with one attached hydrogen (secondary N) is 2. The number of hydrogen-bond donors (Lipinski definition) is 2. The van der Waals surface area contributed by atoms with Gasteiger partial charge in [-0.3, -0.25) is 9.59 Å². The Bertz CT molecular complexity index is 667. The van der Waals surface area contributed by atoms with E-state index in [2.05, 4.69) is 15.3 Å². The Morgan fingerprint density at radius 2 is 2.00 bits per heavy atom. The molecule has 23 heavy (non-hydrogen) atoms. The Morgan fingerprint density at radius 3 is 2.57 bits per heavy atom. The molecule has 0 aliphatic rings. The van der Waals surface area contributed by atoms with Crippen molar-refractivity contribution in [3.05, 3.63) is 53.6 Å². The summed E-state index contributed by atoms with van der Waals surface area (Å²) in [5, 5.41) is 2.89. The zero-order valence-corrected chi connectivity index (χ0v) is 13.5. The molecule has 1 aromatic heterocycles. The lowest BCUT2D eigenvalue weighted by atomic mass is 9.94.